The van der Waals surface area contributed by atoms with E-state index in [9.17, 15) is 0 Å². The topological polar surface area (TPSA) is 0 Å². The van der Waals surface area contributed by atoms with Gasteiger partial charge in [-0.1, -0.05) is 81.5 Å². The molecule has 104 valence electrons. The van der Waals surface area contributed by atoms with E-state index in [-0.39, 0.29) is 5.41 Å². The average molecular weight is 264 g/mol. The van der Waals surface area contributed by atoms with Gasteiger partial charge in [-0.05, 0) is 41.0 Å². The van der Waals surface area contributed by atoms with E-state index in [1.54, 1.807) is 0 Å². The van der Waals surface area contributed by atoms with Gasteiger partial charge in [0.1, 0.15) is 0 Å². The summed E-state index contributed by atoms with van der Waals surface area (Å²) >= 11 is 0. The molecule has 0 unspecified atom stereocenters. The lowest BCUT2D eigenvalue weighted by Gasteiger charge is -2.19. The molecular formula is C20H24. The summed E-state index contributed by atoms with van der Waals surface area (Å²) in [4.78, 5) is 0. The number of benzene rings is 2. The van der Waals surface area contributed by atoms with Crippen molar-refractivity contribution in [2.75, 3.05) is 0 Å². The number of hydrogen-bond acceptors (Lipinski definition) is 0. The molecule has 0 nitrogen and oxygen atoms in total. The van der Waals surface area contributed by atoms with Crippen LogP contribution in [0.15, 0.2) is 60.7 Å². The van der Waals surface area contributed by atoms with E-state index in [2.05, 4.69) is 82.8 Å². The van der Waals surface area contributed by atoms with Crippen molar-refractivity contribution in [1.82, 2.24) is 0 Å². The maximum Gasteiger partial charge on any atom is -0.00726 e. The van der Waals surface area contributed by atoms with Crippen molar-refractivity contribution in [2.24, 2.45) is 0 Å². The Balaban J connectivity index is 2.21. The van der Waals surface area contributed by atoms with Crippen molar-refractivity contribution in [3.63, 3.8) is 0 Å². The summed E-state index contributed by atoms with van der Waals surface area (Å²) < 4.78 is 0. The molecule has 2 aromatic carbocycles. The molecule has 2 rings (SSSR count). The zero-order valence-electron chi connectivity index (χ0n) is 13.0. The van der Waals surface area contributed by atoms with Crippen molar-refractivity contribution in [1.29, 1.82) is 0 Å². The Hall–Kier alpha value is -1.82. The molecule has 0 amide bonds. The van der Waals surface area contributed by atoms with E-state index in [1.165, 1.54) is 27.8 Å². The fourth-order valence-electron chi connectivity index (χ4n) is 2.33. The van der Waals surface area contributed by atoms with Gasteiger partial charge >= 0.3 is 0 Å². The van der Waals surface area contributed by atoms with Crippen molar-refractivity contribution in [3.8, 4) is 11.1 Å². The normalized spacial score (nSPS) is 11.4. The van der Waals surface area contributed by atoms with Crippen molar-refractivity contribution >= 4 is 0 Å². The van der Waals surface area contributed by atoms with Crippen LogP contribution in [0, 0.1) is 0 Å². The van der Waals surface area contributed by atoms with Gasteiger partial charge in [-0.25, -0.2) is 0 Å². The van der Waals surface area contributed by atoms with Crippen LogP contribution in [0.5, 0.6) is 0 Å². The minimum atomic E-state index is 0.212. The van der Waals surface area contributed by atoms with Gasteiger partial charge in [-0.2, -0.15) is 0 Å². The van der Waals surface area contributed by atoms with E-state index in [1.807, 2.05) is 0 Å². The predicted molar refractivity (Wildman–Crippen MR) is 89.1 cm³/mol. The van der Waals surface area contributed by atoms with Crippen LogP contribution in [0.4, 0.5) is 0 Å². The maximum atomic E-state index is 3.96. The first-order valence-electron chi connectivity index (χ1n) is 7.20. The highest BCUT2D eigenvalue weighted by Gasteiger charge is 2.12. The van der Waals surface area contributed by atoms with Gasteiger partial charge in [-0.3, -0.25) is 0 Å². The van der Waals surface area contributed by atoms with E-state index >= 15 is 0 Å². The molecule has 0 aromatic heterocycles. The summed E-state index contributed by atoms with van der Waals surface area (Å²) in [5.74, 6) is 0. The summed E-state index contributed by atoms with van der Waals surface area (Å²) in [6, 6.07) is 17.7. The highest BCUT2D eigenvalue weighted by atomic mass is 14.2. The molecule has 0 heterocycles. The second kappa shape index (κ2) is 5.66. The van der Waals surface area contributed by atoms with Crippen LogP contribution in [0.3, 0.4) is 0 Å². The van der Waals surface area contributed by atoms with Gasteiger partial charge in [-0.15, -0.1) is 0 Å². The van der Waals surface area contributed by atoms with E-state index in [0.717, 1.165) is 6.42 Å². The first-order chi connectivity index (χ1) is 9.36. The van der Waals surface area contributed by atoms with Gasteiger partial charge in [0, 0.05) is 0 Å². The molecule has 0 aliphatic rings. The third-order valence-corrected chi connectivity index (χ3v) is 3.54. The molecular weight excluding hydrogens is 240 g/mol. The van der Waals surface area contributed by atoms with E-state index in [0.29, 0.717) is 0 Å². The Labute approximate surface area is 123 Å². The van der Waals surface area contributed by atoms with Crippen LogP contribution >= 0.6 is 0 Å². The second-order valence-corrected chi connectivity index (χ2v) is 6.66. The van der Waals surface area contributed by atoms with Crippen molar-refractivity contribution < 1.29 is 0 Å². The monoisotopic (exact) mass is 264 g/mol. The zero-order valence-corrected chi connectivity index (χ0v) is 13.0. The molecule has 0 atom stereocenters. The number of rotatable bonds is 3. The molecule has 0 N–H and O–H groups in total. The van der Waals surface area contributed by atoms with Gasteiger partial charge in [0.2, 0.25) is 0 Å². The van der Waals surface area contributed by atoms with Gasteiger partial charge in [0.25, 0.3) is 0 Å². The third-order valence-electron chi connectivity index (χ3n) is 3.54. The Morgan fingerprint density at radius 2 is 1.30 bits per heavy atom. The lowest BCUT2D eigenvalue weighted by molar-refractivity contribution is 0.590. The van der Waals surface area contributed by atoms with Crippen LogP contribution in [-0.4, -0.2) is 0 Å². The third kappa shape index (κ3) is 3.60. The van der Waals surface area contributed by atoms with E-state index < -0.39 is 0 Å². The van der Waals surface area contributed by atoms with Crippen LogP contribution < -0.4 is 0 Å². The lowest BCUT2D eigenvalue weighted by Crippen LogP contribution is -2.10. The summed E-state index contributed by atoms with van der Waals surface area (Å²) in [6.45, 7) is 12.8. The SMILES string of the molecule is C=C(C)Cc1ccc(-c2ccc(C(C)(C)C)cc2)cc1. The number of hydrogen-bond donors (Lipinski definition) is 0. The Morgan fingerprint density at radius 1 is 0.850 bits per heavy atom. The average Bonchev–Trinajstić information content (AvgIpc) is 2.38. The molecule has 0 heteroatoms. The minimum absolute atomic E-state index is 0.212. The van der Waals surface area contributed by atoms with Gasteiger partial charge in [0.05, 0.1) is 0 Å². The van der Waals surface area contributed by atoms with Crippen LogP contribution in [-0.2, 0) is 11.8 Å². The van der Waals surface area contributed by atoms with Crippen LogP contribution in [0.25, 0.3) is 11.1 Å². The zero-order chi connectivity index (χ0) is 14.8. The van der Waals surface area contributed by atoms with Crippen LogP contribution in [0.2, 0.25) is 0 Å². The molecule has 0 radical (unpaired) electrons. The van der Waals surface area contributed by atoms with Gasteiger partial charge in [0.15, 0.2) is 0 Å². The molecule has 0 saturated heterocycles. The molecule has 0 aliphatic heterocycles. The molecule has 0 aliphatic carbocycles. The van der Waals surface area contributed by atoms with Crippen molar-refractivity contribution in [3.05, 3.63) is 71.8 Å². The Kier molecular flexibility index (Phi) is 4.13. The molecule has 0 spiro atoms. The quantitative estimate of drug-likeness (QED) is 0.617. The second-order valence-electron chi connectivity index (χ2n) is 6.66. The van der Waals surface area contributed by atoms with Gasteiger partial charge < -0.3 is 0 Å². The Bertz CT molecular complexity index is 577. The molecule has 2 aromatic rings. The maximum absolute atomic E-state index is 3.96. The summed E-state index contributed by atoms with van der Waals surface area (Å²) in [5, 5.41) is 0. The van der Waals surface area contributed by atoms with E-state index in [4.69, 9.17) is 0 Å². The summed E-state index contributed by atoms with van der Waals surface area (Å²) in [7, 11) is 0. The highest BCUT2D eigenvalue weighted by molar-refractivity contribution is 5.64. The summed E-state index contributed by atoms with van der Waals surface area (Å²) in [6.07, 6.45) is 0.962. The fraction of sp³-hybridized carbons (Fsp3) is 0.300. The first-order valence-corrected chi connectivity index (χ1v) is 7.20. The largest absolute Gasteiger partial charge is 0.0998 e. The summed E-state index contributed by atoms with van der Waals surface area (Å²) in [5.41, 5.74) is 6.67. The number of allylic oxidation sites excluding steroid dienone is 1. The van der Waals surface area contributed by atoms with Crippen LogP contribution in [0.1, 0.15) is 38.8 Å². The molecule has 0 fully saturated rings. The smallest absolute Gasteiger partial charge is 0.00726 e. The fourth-order valence-corrected chi connectivity index (χ4v) is 2.33. The Morgan fingerprint density at radius 3 is 1.70 bits per heavy atom. The first kappa shape index (κ1) is 14.6. The highest BCUT2D eigenvalue weighted by Crippen LogP contribution is 2.26. The molecule has 0 saturated carbocycles. The van der Waals surface area contributed by atoms with Crippen molar-refractivity contribution in [2.45, 2.75) is 39.5 Å². The molecule has 20 heavy (non-hydrogen) atoms. The molecule has 0 bridgehead atoms. The lowest BCUT2D eigenvalue weighted by atomic mass is 9.86. The minimum Gasteiger partial charge on any atom is -0.0998 e. The predicted octanol–water partition coefficient (Wildman–Crippen LogP) is 5.77. The standard InChI is InChI=1S/C20H24/c1-15(2)14-16-6-8-17(9-7-16)18-10-12-19(13-11-18)20(3,4)5/h6-13H,1,14H2,2-5H3.